The Morgan fingerprint density at radius 1 is 0.577 bits per heavy atom. The molecule has 0 saturated carbocycles. The molecule has 0 aliphatic carbocycles. The van der Waals surface area contributed by atoms with Crippen molar-refractivity contribution < 1.29 is 10.2 Å². The quantitative estimate of drug-likeness (QED) is 0.449. The molecule has 4 nitrogen and oxygen atoms in total. The van der Waals surface area contributed by atoms with Crippen LogP contribution in [0.3, 0.4) is 0 Å². The van der Waals surface area contributed by atoms with Crippen molar-refractivity contribution in [2.45, 2.75) is 27.7 Å². The normalized spacial score (nSPS) is 10.6. The number of hydrogen-bond acceptors (Lipinski definition) is 4. The van der Waals surface area contributed by atoms with Crippen LogP contribution in [0.2, 0.25) is 0 Å². The first kappa shape index (κ1) is 17.7. The molecule has 0 spiro atoms. The molecule has 0 bridgehead atoms. The van der Waals surface area contributed by atoms with Crippen LogP contribution in [0.25, 0.3) is 0 Å². The average molecular weight is 348 g/mol. The number of aryl methyl sites for hydroxylation is 4. The summed E-state index contributed by atoms with van der Waals surface area (Å²) < 4.78 is 0. The van der Waals surface area contributed by atoms with Crippen LogP contribution < -0.4 is 10.6 Å². The summed E-state index contributed by atoms with van der Waals surface area (Å²) >= 11 is 0. The maximum absolute atomic E-state index is 10.4. The molecular weight excluding hydrogens is 324 g/mol. The van der Waals surface area contributed by atoms with Gasteiger partial charge in [0.15, 0.2) is 0 Å². The van der Waals surface area contributed by atoms with E-state index in [9.17, 15) is 10.2 Å². The van der Waals surface area contributed by atoms with Gasteiger partial charge < -0.3 is 20.8 Å². The minimum atomic E-state index is 0.236. The van der Waals surface area contributed by atoms with Crippen molar-refractivity contribution in [3.8, 4) is 11.5 Å². The summed E-state index contributed by atoms with van der Waals surface area (Å²) in [5.74, 6) is 0.472. The molecule has 4 N–H and O–H groups in total. The van der Waals surface area contributed by atoms with Gasteiger partial charge in [-0.1, -0.05) is 24.3 Å². The molecule has 0 aromatic heterocycles. The molecule has 134 valence electrons. The minimum absolute atomic E-state index is 0.236. The van der Waals surface area contributed by atoms with Gasteiger partial charge in [0.1, 0.15) is 11.5 Å². The zero-order valence-corrected chi connectivity index (χ0v) is 15.5. The number of nitrogens with one attached hydrogen (secondary N) is 2. The Labute approximate surface area is 154 Å². The molecule has 26 heavy (non-hydrogen) atoms. The molecule has 0 fully saturated rings. The third kappa shape index (κ3) is 3.59. The number of anilines is 4. The molecule has 0 atom stereocenters. The summed E-state index contributed by atoms with van der Waals surface area (Å²) in [6.45, 7) is 7.75. The van der Waals surface area contributed by atoms with Gasteiger partial charge in [-0.3, -0.25) is 0 Å². The predicted molar refractivity (Wildman–Crippen MR) is 108 cm³/mol. The summed E-state index contributed by atoms with van der Waals surface area (Å²) in [4.78, 5) is 0. The smallest absolute Gasteiger partial charge is 0.141 e. The monoisotopic (exact) mass is 348 g/mol. The number of phenolic OH excluding ortho intramolecular Hbond substituents is 2. The number of benzene rings is 3. The van der Waals surface area contributed by atoms with Gasteiger partial charge in [0.05, 0.1) is 22.7 Å². The SMILES string of the molecule is Cc1cc(C)c(O)c(Nc2ccccc2Nc2cc(C)cc(C)c2O)c1. The van der Waals surface area contributed by atoms with Crippen LogP contribution >= 0.6 is 0 Å². The Morgan fingerprint density at radius 3 is 1.35 bits per heavy atom. The second-order valence-corrected chi connectivity index (χ2v) is 6.75. The lowest BCUT2D eigenvalue weighted by molar-refractivity contribution is 0.473. The minimum Gasteiger partial charge on any atom is -0.505 e. The molecule has 0 heterocycles. The van der Waals surface area contributed by atoms with Gasteiger partial charge in [-0.15, -0.1) is 0 Å². The molecule has 0 unspecified atom stereocenters. The molecule has 0 amide bonds. The van der Waals surface area contributed by atoms with Crippen LogP contribution in [0, 0.1) is 27.7 Å². The molecule has 0 aliphatic heterocycles. The van der Waals surface area contributed by atoms with E-state index in [2.05, 4.69) is 10.6 Å². The largest absolute Gasteiger partial charge is 0.505 e. The maximum atomic E-state index is 10.4. The lowest BCUT2D eigenvalue weighted by Crippen LogP contribution is -1.99. The molecule has 0 aliphatic rings. The van der Waals surface area contributed by atoms with Crippen molar-refractivity contribution >= 4 is 22.7 Å². The number of phenols is 2. The fourth-order valence-electron chi connectivity index (χ4n) is 3.10. The summed E-state index contributed by atoms with van der Waals surface area (Å²) in [7, 11) is 0. The highest BCUT2D eigenvalue weighted by molar-refractivity contribution is 5.82. The van der Waals surface area contributed by atoms with Crippen LogP contribution in [-0.4, -0.2) is 10.2 Å². The van der Waals surface area contributed by atoms with Crippen LogP contribution in [0.4, 0.5) is 22.7 Å². The number of rotatable bonds is 4. The Morgan fingerprint density at radius 2 is 0.962 bits per heavy atom. The van der Waals surface area contributed by atoms with Gasteiger partial charge in [0.2, 0.25) is 0 Å². The number of para-hydroxylation sites is 2. The summed E-state index contributed by atoms with van der Waals surface area (Å²) in [5.41, 5.74) is 6.72. The summed E-state index contributed by atoms with van der Waals surface area (Å²) in [6, 6.07) is 15.4. The number of hydrogen-bond donors (Lipinski definition) is 4. The van der Waals surface area contributed by atoms with Gasteiger partial charge >= 0.3 is 0 Å². The molecular formula is C22H24N2O2. The first-order chi connectivity index (χ1) is 12.3. The maximum Gasteiger partial charge on any atom is 0.141 e. The van der Waals surface area contributed by atoms with Crippen molar-refractivity contribution in [1.29, 1.82) is 0 Å². The first-order valence-electron chi connectivity index (χ1n) is 8.58. The van der Waals surface area contributed by atoms with Gasteiger partial charge in [0.25, 0.3) is 0 Å². The van der Waals surface area contributed by atoms with Gasteiger partial charge in [-0.2, -0.15) is 0 Å². The van der Waals surface area contributed by atoms with Crippen LogP contribution in [0.5, 0.6) is 11.5 Å². The molecule has 3 rings (SSSR count). The first-order valence-corrected chi connectivity index (χ1v) is 8.58. The van der Waals surface area contributed by atoms with E-state index in [1.807, 2.05) is 76.2 Å². The van der Waals surface area contributed by atoms with E-state index >= 15 is 0 Å². The van der Waals surface area contributed by atoms with E-state index in [0.29, 0.717) is 11.4 Å². The molecule has 0 radical (unpaired) electrons. The zero-order chi connectivity index (χ0) is 18.8. The second-order valence-electron chi connectivity index (χ2n) is 6.75. The van der Waals surface area contributed by atoms with E-state index in [-0.39, 0.29) is 11.5 Å². The Kier molecular flexibility index (Phi) is 4.76. The van der Waals surface area contributed by atoms with Gasteiger partial charge in [-0.25, -0.2) is 0 Å². The van der Waals surface area contributed by atoms with E-state index < -0.39 is 0 Å². The molecule has 0 saturated heterocycles. The van der Waals surface area contributed by atoms with E-state index in [0.717, 1.165) is 33.6 Å². The van der Waals surface area contributed by atoms with Crippen molar-refractivity contribution in [2.75, 3.05) is 10.6 Å². The summed E-state index contributed by atoms with van der Waals surface area (Å²) in [6.07, 6.45) is 0. The molecule has 3 aromatic rings. The van der Waals surface area contributed by atoms with Crippen LogP contribution in [0.15, 0.2) is 48.5 Å². The summed E-state index contributed by atoms with van der Waals surface area (Å²) in [5, 5.41) is 27.3. The number of aromatic hydroxyl groups is 2. The van der Waals surface area contributed by atoms with Crippen LogP contribution in [-0.2, 0) is 0 Å². The highest BCUT2D eigenvalue weighted by Crippen LogP contribution is 2.37. The van der Waals surface area contributed by atoms with Crippen molar-refractivity contribution in [2.24, 2.45) is 0 Å². The zero-order valence-electron chi connectivity index (χ0n) is 15.5. The Hall–Kier alpha value is -3.14. The Balaban J connectivity index is 1.98. The lowest BCUT2D eigenvalue weighted by atomic mass is 10.1. The molecule has 4 heteroatoms. The second kappa shape index (κ2) is 7.00. The third-order valence-electron chi connectivity index (χ3n) is 4.36. The highest BCUT2D eigenvalue weighted by atomic mass is 16.3. The molecule has 3 aromatic carbocycles. The van der Waals surface area contributed by atoms with E-state index in [1.165, 1.54) is 0 Å². The average Bonchev–Trinajstić information content (AvgIpc) is 2.58. The van der Waals surface area contributed by atoms with Crippen molar-refractivity contribution in [1.82, 2.24) is 0 Å². The standard InChI is InChI=1S/C22H24N2O2/c1-13-9-15(3)21(25)19(11-13)23-17-7-5-6-8-18(17)24-20-12-14(2)10-16(4)22(20)26/h5-12,23-26H,1-4H3. The lowest BCUT2D eigenvalue weighted by Gasteiger charge is -2.17. The van der Waals surface area contributed by atoms with Crippen LogP contribution in [0.1, 0.15) is 22.3 Å². The highest BCUT2D eigenvalue weighted by Gasteiger charge is 2.11. The van der Waals surface area contributed by atoms with Crippen molar-refractivity contribution in [3.05, 3.63) is 70.8 Å². The fourth-order valence-corrected chi connectivity index (χ4v) is 3.10. The van der Waals surface area contributed by atoms with Crippen molar-refractivity contribution in [3.63, 3.8) is 0 Å². The topological polar surface area (TPSA) is 64.5 Å². The van der Waals surface area contributed by atoms with E-state index in [1.54, 1.807) is 0 Å². The Bertz CT molecular complexity index is 886. The third-order valence-corrected chi connectivity index (χ3v) is 4.36. The van der Waals surface area contributed by atoms with Gasteiger partial charge in [-0.05, 0) is 74.2 Å². The van der Waals surface area contributed by atoms with Gasteiger partial charge in [0, 0.05) is 0 Å². The van der Waals surface area contributed by atoms with E-state index in [4.69, 9.17) is 0 Å². The fraction of sp³-hybridized carbons (Fsp3) is 0.182. The predicted octanol–water partition coefficient (Wildman–Crippen LogP) is 5.82.